The third-order valence-corrected chi connectivity index (χ3v) is 4.62. The smallest absolute Gasteiger partial charge is 0.261 e. The lowest BCUT2D eigenvalue weighted by Gasteiger charge is -2.29. The molecule has 0 saturated carbocycles. The number of hydrogen-bond donors (Lipinski definition) is 1. The first-order valence-electron chi connectivity index (χ1n) is 8.99. The van der Waals surface area contributed by atoms with Gasteiger partial charge in [0.2, 0.25) is 5.91 Å². The first-order chi connectivity index (χ1) is 13.3. The van der Waals surface area contributed by atoms with Gasteiger partial charge in [0.15, 0.2) is 6.61 Å². The maximum absolute atomic E-state index is 12.9. The molecule has 0 fully saturated rings. The molecule has 0 aromatic heterocycles. The topological polar surface area (TPSA) is 58.6 Å². The summed E-state index contributed by atoms with van der Waals surface area (Å²) < 4.78 is 5.57. The first-order valence-corrected chi connectivity index (χ1v) is 9.75. The number of carbonyl (C=O) groups excluding carboxylic acids is 2. The van der Waals surface area contributed by atoms with Crippen LogP contribution in [0.5, 0.6) is 5.75 Å². The lowest BCUT2D eigenvalue weighted by atomic mass is 10.1. The van der Waals surface area contributed by atoms with Crippen LogP contribution in [-0.4, -0.2) is 35.4 Å². The van der Waals surface area contributed by atoms with Crippen molar-refractivity contribution in [1.29, 1.82) is 0 Å². The van der Waals surface area contributed by atoms with Gasteiger partial charge in [-0.05, 0) is 50.6 Å². The molecular weight excluding hydrogens is 399 g/mol. The van der Waals surface area contributed by atoms with E-state index in [2.05, 4.69) is 5.32 Å². The fraction of sp³-hybridized carbons (Fsp3) is 0.333. The highest BCUT2D eigenvalue weighted by molar-refractivity contribution is 6.32. The molecule has 150 valence electrons. The molecule has 0 saturated heterocycles. The zero-order valence-corrected chi connectivity index (χ0v) is 17.6. The molecule has 2 aromatic rings. The van der Waals surface area contributed by atoms with Gasteiger partial charge < -0.3 is 15.0 Å². The van der Waals surface area contributed by atoms with Gasteiger partial charge in [-0.25, -0.2) is 0 Å². The molecule has 28 heavy (non-hydrogen) atoms. The Bertz CT molecular complexity index is 810. The second kappa shape index (κ2) is 10.3. The van der Waals surface area contributed by atoms with E-state index in [1.807, 2.05) is 26.0 Å². The van der Waals surface area contributed by atoms with Crippen LogP contribution < -0.4 is 10.1 Å². The summed E-state index contributed by atoms with van der Waals surface area (Å²) in [7, 11) is 0. The number of rotatable bonds is 8. The third-order valence-electron chi connectivity index (χ3n) is 4.05. The van der Waals surface area contributed by atoms with Gasteiger partial charge in [-0.2, -0.15) is 0 Å². The molecule has 2 aromatic carbocycles. The molecule has 0 spiro atoms. The second-order valence-electron chi connectivity index (χ2n) is 6.71. The molecule has 0 aliphatic heterocycles. The molecule has 1 N–H and O–H groups in total. The van der Waals surface area contributed by atoms with Crippen LogP contribution in [0.2, 0.25) is 10.0 Å². The number of carbonyl (C=O) groups is 2. The lowest BCUT2D eigenvalue weighted by molar-refractivity contribution is -0.142. The van der Waals surface area contributed by atoms with Gasteiger partial charge in [0.1, 0.15) is 11.8 Å². The highest BCUT2D eigenvalue weighted by Crippen LogP contribution is 2.23. The van der Waals surface area contributed by atoms with Crippen LogP contribution in [0, 0.1) is 0 Å². The van der Waals surface area contributed by atoms with Gasteiger partial charge in [-0.1, -0.05) is 47.5 Å². The Labute approximate surface area is 175 Å². The van der Waals surface area contributed by atoms with Crippen LogP contribution in [0.25, 0.3) is 0 Å². The molecule has 2 rings (SSSR count). The van der Waals surface area contributed by atoms with E-state index in [-0.39, 0.29) is 31.0 Å². The predicted molar refractivity (Wildman–Crippen MR) is 112 cm³/mol. The number of ether oxygens (including phenoxy) is 1. The number of nitrogens with zero attached hydrogens (tertiary/aromatic N) is 1. The second-order valence-corrected chi connectivity index (χ2v) is 7.55. The SMILES string of the molecule is CC(C)NC(=O)[C@@H](C)N(Cc1ccc(Cl)cc1)C(=O)COc1ccccc1Cl. The standard InChI is InChI=1S/C21H24Cl2N2O3/c1-14(2)24-21(27)15(3)25(12-16-8-10-17(22)11-9-16)20(26)13-28-19-7-5-4-6-18(19)23/h4-11,14-15H,12-13H2,1-3H3,(H,24,27)/t15-/m1/s1. The highest BCUT2D eigenvalue weighted by atomic mass is 35.5. The van der Waals surface area contributed by atoms with Crippen LogP contribution in [0.4, 0.5) is 0 Å². The van der Waals surface area contributed by atoms with Crippen molar-refractivity contribution >= 4 is 35.0 Å². The van der Waals surface area contributed by atoms with Crippen molar-refractivity contribution in [3.05, 3.63) is 64.1 Å². The van der Waals surface area contributed by atoms with Crippen LogP contribution in [0.15, 0.2) is 48.5 Å². The summed E-state index contributed by atoms with van der Waals surface area (Å²) in [6.45, 7) is 5.47. The van der Waals surface area contributed by atoms with E-state index in [9.17, 15) is 9.59 Å². The normalized spacial score (nSPS) is 11.8. The van der Waals surface area contributed by atoms with E-state index in [4.69, 9.17) is 27.9 Å². The summed E-state index contributed by atoms with van der Waals surface area (Å²) in [4.78, 5) is 26.9. The summed E-state index contributed by atoms with van der Waals surface area (Å²) in [6.07, 6.45) is 0. The van der Waals surface area contributed by atoms with E-state index in [0.717, 1.165) is 5.56 Å². The molecule has 0 unspecified atom stereocenters. The minimum atomic E-state index is -0.666. The highest BCUT2D eigenvalue weighted by Gasteiger charge is 2.27. The molecule has 2 amide bonds. The summed E-state index contributed by atoms with van der Waals surface area (Å²) in [5.74, 6) is -0.125. The maximum atomic E-state index is 12.9. The maximum Gasteiger partial charge on any atom is 0.261 e. The Hall–Kier alpha value is -2.24. The van der Waals surface area contributed by atoms with Gasteiger partial charge in [0, 0.05) is 17.6 Å². The van der Waals surface area contributed by atoms with Gasteiger partial charge >= 0.3 is 0 Å². The minimum Gasteiger partial charge on any atom is -0.482 e. The Balaban J connectivity index is 2.15. The Morgan fingerprint density at radius 3 is 2.29 bits per heavy atom. The van der Waals surface area contributed by atoms with Crippen LogP contribution >= 0.6 is 23.2 Å². The van der Waals surface area contributed by atoms with Crippen molar-refractivity contribution in [3.63, 3.8) is 0 Å². The Morgan fingerprint density at radius 2 is 1.68 bits per heavy atom. The van der Waals surface area contributed by atoms with E-state index < -0.39 is 6.04 Å². The fourth-order valence-electron chi connectivity index (χ4n) is 2.56. The fourth-order valence-corrected chi connectivity index (χ4v) is 2.87. The minimum absolute atomic E-state index is 0.0261. The van der Waals surface area contributed by atoms with Crippen molar-refractivity contribution in [1.82, 2.24) is 10.2 Å². The number of halogens is 2. The van der Waals surface area contributed by atoms with E-state index >= 15 is 0 Å². The summed E-state index contributed by atoms with van der Waals surface area (Å²) in [5, 5.41) is 3.87. The Kier molecular flexibility index (Phi) is 8.15. The van der Waals surface area contributed by atoms with Crippen LogP contribution in [-0.2, 0) is 16.1 Å². The average molecular weight is 423 g/mol. The molecule has 0 aliphatic rings. The van der Waals surface area contributed by atoms with E-state index in [1.165, 1.54) is 4.90 Å². The van der Waals surface area contributed by atoms with Crippen molar-refractivity contribution in [2.45, 2.75) is 39.4 Å². The quantitative estimate of drug-likeness (QED) is 0.688. The zero-order valence-electron chi connectivity index (χ0n) is 16.1. The number of nitrogens with one attached hydrogen (secondary N) is 1. The van der Waals surface area contributed by atoms with E-state index in [0.29, 0.717) is 15.8 Å². The number of benzene rings is 2. The molecule has 1 atom stereocenters. The largest absolute Gasteiger partial charge is 0.482 e. The van der Waals surface area contributed by atoms with Crippen molar-refractivity contribution in [3.8, 4) is 5.75 Å². The number of hydrogen-bond acceptors (Lipinski definition) is 3. The molecule has 5 nitrogen and oxygen atoms in total. The van der Waals surface area contributed by atoms with Gasteiger partial charge in [-0.3, -0.25) is 9.59 Å². The molecular formula is C21H24Cl2N2O3. The van der Waals surface area contributed by atoms with Crippen molar-refractivity contribution in [2.75, 3.05) is 6.61 Å². The first kappa shape index (κ1) is 22.1. The molecule has 0 bridgehead atoms. The summed E-state index contributed by atoms with van der Waals surface area (Å²) >= 11 is 12.0. The third kappa shape index (κ3) is 6.43. The lowest BCUT2D eigenvalue weighted by Crippen LogP contribution is -2.50. The monoisotopic (exact) mass is 422 g/mol. The van der Waals surface area contributed by atoms with Crippen molar-refractivity contribution < 1.29 is 14.3 Å². The van der Waals surface area contributed by atoms with Gasteiger partial charge in [0.25, 0.3) is 5.91 Å². The summed E-state index contributed by atoms with van der Waals surface area (Å²) in [6, 6.07) is 13.4. The average Bonchev–Trinajstić information content (AvgIpc) is 2.65. The van der Waals surface area contributed by atoms with Gasteiger partial charge in [-0.15, -0.1) is 0 Å². The molecule has 0 radical (unpaired) electrons. The summed E-state index contributed by atoms with van der Waals surface area (Å²) in [5.41, 5.74) is 0.861. The molecule has 0 heterocycles. The number of para-hydroxylation sites is 1. The predicted octanol–water partition coefficient (Wildman–Crippen LogP) is 4.31. The van der Waals surface area contributed by atoms with Crippen LogP contribution in [0.3, 0.4) is 0 Å². The number of amides is 2. The van der Waals surface area contributed by atoms with Gasteiger partial charge in [0.05, 0.1) is 5.02 Å². The molecule has 0 aliphatic carbocycles. The van der Waals surface area contributed by atoms with Crippen LogP contribution in [0.1, 0.15) is 26.3 Å². The Morgan fingerprint density at radius 1 is 1.04 bits per heavy atom. The van der Waals surface area contributed by atoms with Crippen molar-refractivity contribution in [2.24, 2.45) is 0 Å². The van der Waals surface area contributed by atoms with E-state index in [1.54, 1.807) is 43.3 Å². The molecule has 7 heteroatoms. The zero-order chi connectivity index (χ0) is 20.7.